The fraction of sp³-hybridized carbons (Fsp3) is 0.227. The Morgan fingerprint density at radius 2 is 1.86 bits per heavy atom. The van der Waals surface area contributed by atoms with E-state index in [0.717, 1.165) is 64.4 Å². The molecule has 4 nitrogen and oxygen atoms in total. The zero-order valence-corrected chi connectivity index (χ0v) is 15.7. The Balaban J connectivity index is 1.89. The van der Waals surface area contributed by atoms with Gasteiger partial charge in [0.05, 0.1) is 17.8 Å². The van der Waals surface area contributed by atoms with E-state index in [9.17, 15) is 13.2 Å². The highest BCUT2D eigenvalue weighted by Crippen LogP contribution is 2.37. The number of ether oxygens (including phenoxy) is 1. The molecule has 2 heterocycles. The summed E-state index contributed by atoms with van der Waals surface area (Å²) in [5.74, 6) is -0.218. The van der Waals surface area contributed by atoms with E-state index in [1.807, 2.05) is 30.3 Å². The van der Waals surface area contributed by atoms with Crippen LogP contribution in [0.3, 0.4) is 0 Å². The van der Waals surface area contributed by atoms with E-state index in [0.29, 0.717) is 0 Å². The SMILES string of the molecule is [NH3+]CCCCc1c(-c2cccc3cccnc23)[nH]c2ccc(OC(F)(F)F)cc12. The number of quaternary nitrogens is 1. The molecule has 7 heteroatoms. The fourth-order valence-electron chi connectivity index (χ4n) is 3.70. The van der Waals surface area contributed by atoms with E-state index in [4.69, 9.17) is 0 Å². The zero-order chi connectivity index (χ0) is 20.4. The van der Waals surface area contributed by atoms with Crippen molar-refractivity contribution < 1.29 is 23.6 Å². The minimum Gasteiger partial charge on any atom is -0.406 e. The number of fused-ring (bicyclic) bond motifs is 2. The zero-order valence-electron chi connectivity index (χ0n) is 15.7. The molecule has 0 saturated heterocycles. The van der Waals surface area contributed by atoms with Gasteiger partial charge in [-0.1, -0.05) is 24.3 Å². The van der Waals surface area contributed by atoms with Gasteiger partial charge in [0.15, 0.2) is 0 Å². The first-order chi connectivity index (χ1) is 14.0. The van der Waals surface area contributed by atoms with Crippen LogP contribution in [0.25, 0.3) is 33.1 Å². The van der Waals surface area contributed by atoms with Gasteiger partial charge in [-0.25, -0.2) is 0 Å². The molecule has 0 atom stereocenters. The number of para-hydroxylation sites is 1. The van der Waals surface area contributed by atoms with Crippen molar-refractivity contribution in [1.29, 1.82) is 0 Å². The van der Waals surface area contributed by atoms with Gasteiger partial charge in [0.2, 0.25) is 0 Å². The van der Waals surface area contributed by atoms with Gasteiger partial charge >= 0.3 is 6.36 Å². The predicted octanol–water partition coefficient (Wildman–Crippen LogP) is 4.85. The number of nitrogens with one attached hydrogen (secondary N) is 1. The Kier molecular flexibility index (Phi) is 5.15. The number of H-pyrrole nitrogens is 1. The van der Waals surface area contributed by atoms with Crippen molar-refractivity contribution in [3.05, 3.63) is 60.3 Å². The second-order valence-electron chi connectivity index (χ2n) is 6.93. The number of pyridine rings is 1. The molecule has 0 aliphatic rings. The first-order valence-corrected chi connectivity index (χ1v) is 9.50. The highest BCUT2D eigenvalue weighted by atomic mass is 19.4. The number of alkyl halides is 3. The van der Waals surface area contributed by atoms with Crippen molar-refractivity contribution in [3.63, 3.8) is 0 Å². The summed E-state index contributed by atoms with van der Waals surface area (Å²) >= 11 is 0. The Bertz CT molecular complexity index is 1150. The molecule has 0 aliphatic carbocycles. The van der Waals surface area contributed by atoms with E-state index in [1.54, 1.807) is 12.3 Å². The second-order valence-corrected chi connectivity index (χ2v) is 6.93. The third-order valence-electron chi connectivity index (χ3n) is 4.94. The third-order valence-corrected chi connectivity index (χ3v) is 4.94. The monoisotopic (exact) mass is 400 g/mol. The third kappa shape index (κ3) is 4.05. The highest BCUT2D eigenvalue weighted by molar-refractivity contribution is 5.99. The number of halogens is 3. The molecular formula is C22H21F3N3O+. The first kappa shape index (κ1) is 19.3. The van der Waals surface area contributed by atoms with Gasteiger partial charge in [-0.2, -0.15) is 0 Å². The molecule has 0 bridgehead atoms. The van der Waals surface area contributed by atoms with Crippen LogP contribution in [-0.2, 0) is 6.42 Å². The van der Waals surface area contributed by atoms with Crippen molar-refractivity contribution in [2.24, 2.45) is 0 Å². The smallest absolute Gasteiger partial charge is 0.406 e. The van der Waals surface area contributed by atoms with Crippen LogP contribution in [0, 0.1) is 0 Å². The lowest BCUT2D eigenvalue weighted by Crippen LogP contribution is -2.50. The summed E-state index contributed by atoms with van der Waals surface area (Å²) in [6.07, 6.45) is -0.416. The van der Waals surface area contributed by atoms with Crippen molar-refractivity contribution in [2.75, 3.05) is 6.54 Å². The quantitative estimate of drug-likeness (QED) is 0.455. The van der Waals surface area contributed by atoms with Crippen LogP contribution in [0.5, 0.6) is 5.75 Å². The minimum atomic E-state index is -4.72. The van der Waals surface area contributed by atoms with Gasteiger partial charge in [0, 0.05) is 28.0 Å². The van der Waals surface area contributed by atoms with Crippen LogP contribution in [0.15, 0.2) is 54.7 Å². The van der Waals surface area contributed by atoms with Crippen LogP contribution in [-0.4, -0.2) is 22.9 Å². The summed E-state index contributed by atoms with van der Waals surface area (Å²) in [6, 6.07) is 14.2. The summed E-state index contributed by atoms with van der Waals surface area (Å²) in [5, 5.41) is 1.74. The van der Waals surface area contributed by atoms with Gasteiger partial charge < -0.3 is 15.5 Å². The topological polar surface area (TPSA) is 65.5 Å². The molecule has 0 unspecified atom stereocenters. The molecule has 4 rings (SSSR count). The first-order valence-electron chi connectivity index (χ1n) is 9.50. The summed E-state index contributed by atoms with van der Waals surface area (Å²) in [7, 11) is 0. The fourth-order valence-corrected chi connectivity index (χ4v) is 3.70. The van der Waals surface area contributed by atoms with Crippen molar-refractivity contribution in [3.8, 4) is 17.0 Å². The maximum atomic E-state index is 12.7. The van der Waals surface area contributed by atoms with Crippen LogP contribution in [0.4, 0.5) is 13.2 Å². The maximum Gasteiger partial charge on any atom is 0.573 e. The van der Waals surface area contributed by atoms with Gasteiger partial charge in [0.25, 0.3) is 0 Å². The molecule has 0 fully saturated rings. The lowest BCUT2D eigenvalue weighted by Gasteiger charge is -2.10. The molecular weight excluding hydrogens is 379 g/mol. The summed E-state index contributed by atoms with van der Waals surface area (Å²) < 4.78 is 42.2. The van der Waals surface area contributed by atoms with E-state index in [-0.39, 0.29) is 5.75 Å². The standard InChI is InChI=1S/C22H20F3N3O/c23-22(24,25)29-15-9-10-19-18(13-15)16(7-1-2-11-26)21(28-19)17-8-3-5-14-6-4-12-27-20(14)17/h3-6,8-10,12-13,28H,1-2,7,11,26H2/p+1. The Hall–Kier alpha value is -3.06. The number of hydrogen-bond donors (Lipinski definition) is 2. The normalized spacial score (nSPS) is 12.0. The number of aromatic nitrogens is 2. The number of benzene rings is 2. The predicted molar refractivity (Wildman–Crippen MR) is 106 cm³/mol. The number of aryl methyl sites for hydroxylation is 1. The number of rotatable bonds is 6. The maximum absolute atomic E-state index is 12.7. The summed E-state index contributed by atoms with van der Waals surface area (Å²) in [6.45, 7) is 0.815. The average Bonchev–Trinajstić information content (AvgIpc) is 3.04. The van der Waals surface area contributed by atoms with Crippen LogP contribution in [0.1, 0.15) is 18.4 Å². The molecule has 0 amide bonds. The molecule has 0 saturated carbocycles. The Morgan fingerprint density at radius 3 is 2.66 bits per heavy atom. The number of unbranched alkanes of at least 4 members (excludes halogenated alkanes) is 1. The molecule has 2 aromatic heterocycles. The lowest BCUT2D eigenvalue weighted by atomic mass is 9.98. The molecule has 4 N–H and O–H groups in total. The largest absolute Gasteiger partial charge is 0.573 e. The molecule has 29 heavy (non-hydrogen) atoms. The number of nitrogens with zero attached hydrogens (tertiary/aromatic N) is 1. The van der Waals surface area contributed by atoms with Crippen LogP contribution in [0.2, 0.25) is 0 Å². The van der Waals surface area contributed by atoms with E-state index in [2.05, 4.69) is 20.4 Å². The van der Waals surface area contributed by atoms with E-state index >= 15 is 0 Å². The van der Waals surface area contributed by atoms with Crippen molar-refractivity contribution in [2.45, 2.75) is 25.6 Å². The molecule has 2 aromatic carbocycles. The molecule has 0 radical (unpaired) electrons. The van der Waals surface area contributed by atoms with Gasteiger partial charge in [-0.15, -0.1) is 13.2 Å². The number of hydrogen-bond acceptors (Lipinski definition) is 2. The Labute approximate surface area is 165 Å². The average molecular weight is 400 g/mol. The van der Waals surface area contributed by atoms with Gasteiger partial charge in [0.1, 0.15) is 5.75 Å². The number of aromatic amines is 1. The molecule has 4 aromatic rings. The highest BCUT2D eigenvalue weighted by Gasteiger charge is 2.31. The minimum absolute atomic E-state index is 0.218. The second kappa shape index (κ2) is 7.75. The molecule has 0 aliphatic heterocycles. The lowest BCUT2D eigenvalue weighted by molar-refractivity contribution is -0.368. The van der Waals surface area contributed by atoms with E-state index < -0.39 is 6.36 Å². The van der Waals surface area contributed by atoms with E-state index in [1.165, 1.54) is 12.1 Å². The van der Waals surface area contributed by atoms with Crippen molar-refractivity contribution >= 4 is 21.8 Å². The van der Waals surface area contributed by atoms with Crippen LogP contribution >= 0.6 is 0 Å². The van der Waals surface area contributed by atoms with Gasteiger partial charge in [-0.3, -0.25) is 4.98 Å². The summed E-state index contributed by atoms with van der Waals surface area (Å²) in [5.41, 5.74) is 8.29. The summed E-state index contributed by atoms with van der Waals surface area (Å²) in [4.78, 5) is 7.93. The Morgan fingerprint density at radius 1 is 1.03 bits per heavy atom. The van der Waals surface area contributed by atoms with Crippen molar-refractivity contribution in [1.82, 2.24) is 9.97 Å². The van der Waals surface area contributed by atoms with Crippen LogP contribution < -0.4 is 10.5 Å². The molecule has 150 valence electrons. The van der Waals surface area contributed by atoms with Gasteiger partial charge in [-0.05, 0) is 49.1 Å². The molecule has 0 spiro atoms.